The molecular formula is C10H19NO2. The second kappa shape index (κ2) is 9.53. The fourth-order valence-corrected chi connectivity index (χ4v) is 0.999. The Morgan fingerprint density at radius 2 is 1.62 bits per heavy atom. The Labute approximate surface area is 81.0 Å². The van der Waals surface area contributed by atoms with Crippen LogP contribution in [0.5, 0.6) is 0 Å². The first-order valence-electron chi connectivity index (χ1n) is 4.48. The van der Waals surface area contributed by atoms with E-state index >= 15 is 0 Å². The first kappa shape index (κ1) is 12.4. The van der Waals surface area contributed by atoms with E-state index < -0.39 is 0 Å². The maximum Gasteiger partial charge on any atom is 0.0589 e. The van der Waals surface area contributed by atoms with Crippen LogP contribution in [0.25, 0.3) is 0 Å². The van der Waals surface area contributed by atoms with Crippen molar-refractivity contribution in [2.24, 2.45) is 0 Å². The van der Waals surface area contributed by atoms with Crippen molar-refractivity contribution in [3.8, 4) is 12.3 Å². The van der Waals surface area contributed by atoms with E-state index in [2.05, 4.69) is 10.8 Å². The molecule has 0 aliphatic rings. The summed E-state index contributed by atoms with van der Waals surface area (Å²) < 4.78 is 10.00. The van der Waals surface area contributed by atoms with Gasteiger partial charge in [-0.15, -0.1) is 12.3 Å². The van der Waals surface area contributed by atoms with Crippen LogP contribution in [0.15, 0.2) is 0 Å². The number of hydrogen-bond donors (Lipinski definition) is 0. The van der Waals surface area contributed by atoms with Crippen molar-refractivity contribution >= 4 is 0 Å². The minimum Gasteiger partial charge on any atom is -0.383 e. The maximum absolute atomic E-state index is 5.19. The highest BCUT2D eigenvalue weighted by Gasteiger charge is 2.02. The molecule has 13 heavy (non-hydrogen) atoms. The minimum atomic E-state index is 0.744. The van der Waals surface area contributed by atoms with E-state index in [1.165, 1.54) is 0 Å². The van der Waals surface area contributed by atoms with E-state index in [1.54, 1.807) is 14.2 Å². The Balaban J connectivity index is 3.54. The van der Waals surface area contributed by atoms with E-state index in [-0.39, 0.29) is 0 Å². The minimum absolute atomic E-state index is 0.744. The zero-order chi connectivity index (χ0) is 9.94. The van der Waals surface area contributed by atoms with Gasteiger partial charge in [-0.2, -0.15) is 0 Å². The van der Waals surface area contributed by atoms with Crippen LogP contribution < -0.4 is 0 Å². The molecule has 0 atom stereocenters. The third-order valence-corrected chi connectivity index (χ3v) is 1.80. The Bertz CT molecular complexity index is 134. The summed E-state index contributed by atoms with van der Waals surface area (Å²) in [5, 5.41) is 0. The van der Waals surface area contributed by atoms with Crippen LogP contribution in [0.4, 0.5) is 0 Å². The molecule has 0 amide bonds. The molecule has 0 aromatic heterocycles. The molecular weight excluding hydrogens is 166 g/mol. The van der Waals surface area contributed by atoms with Crippen LogP contribution in [0.1, 0.15) is 6.42 Å². The van der Waals surface area contributed by atoms with Crippen molar-refractivity contribution in [3.05, 3.63) is 0 Å². The standard InChI is InChI=1S/C10H19NO2/c1-4-5-6-11(7-9-12-2)8-10-13-3/h1H,5-10H2,2-3H3. The zero-order valence-corrected chi connectivity index (χ0v) is 8.58. The van der Waals surface area contributed by atoms with E-state index in [0.717, 1.165) is 39.3 Å². The molecule has 0 aromatic carbocycles. The number of nitrogens with zero attached hydrogens (tertiary/aromatic N) is 1. The van der Waals surface area contributed by atoms with Crippen molar-refractivity contribution in [3.63, 3.8) is 0 Å². The van der Waals surface area contributed by atoms with Gasteiger partial charge in [0.15, 0.2) is 0 Å². The van der Waals surface area contributed by atoms with Gasteiger partial charge in [0, 0.05) is 40.3 Å². The van der Waals surface area contributed by atoms with Crippen LogP contribution in [0.2, 0.25) is 0 Å². The molecule has 0 fully saturated rings. The van der Waals surface area contributed by atoms with Gasteiger partial charge in [0.1, 0.15) is 0 Å². The second-order valence-electron chi connectivity index (χ2n) is 2.78. The van der Waals surface area contributed by atoms with Crippen molar-refractivity contribution in [1.82, 2.24) is 4.90 Å². The van der Waals surface area contributed by atoms with E-state index in [9.17, 15) is 0 Å². The number of hydrogen-bond acceptors (Lipinski definition) is 3. The zero-order valence-electron chi connectivity index (χ0n) is 8.58. The molecule has 0 aliphatic carbocycles. The van der Waals surface area contributed by atoms with Gasteiger partial charge in [0.2, 0.25) is 0 Å². The summed E-state index contributed by atoms with van der Waals surface area (Å²) in [5.74, 6) is 2.63. The predicted octanol–water partition coefficient (Wildman–Crippen LogP) is 0.605. The van der Waals surface area contributed by atoms with Crippen LogP contribution in [-0.2, 0) is 9.47 Å². The average Bonchev–Trinajstić information content (AvgIpc) is 2.17. The number of methoxy groups -OCH3 is 2. The summed E-state index contributed by atoms with van der Waals surface area (Å²) in [7, 11) is 3.41. The monoisotopic (exact) mass is 185 g/mol. The van der Waals surface area contributed by atoms with Gasteiger partial charge in [-0.1, -0.05) is 0 Å². The summed E-state index contributed by atoms with van der Waals surface area (Å²) in [5.41, 5.74) is 0. The van der Waals surface area contributed by atoms with Gasteiger partial charge >= 0.3 is 0 Å². The van der Waals surface area contributed by atoms with Gasteiger partial charge in [-0.05, 0) is 0 Å². The summed E-state index contributed by atoms with van der Waals surface area (Å²) in [6, 6.07) is 0. The van der Waals surface area contributed by atoms with Crippen molar-refractivity contribution in [2.45, 2.75) is 6.42 Å². The Hall–Kier alpha value is -0.560. The fourth-order valence-electron chi connectivity index (χ4n) is 0.999. The van der Waals surface area contributed by atoms with Crippen LogP contribution in [0, 0.1) is 12.3 Å². The molecule has 0 spiro atoms. The molecule has 0 aliphatic heterocycles. The predicted molar refractivity (Wildman–Crippen MR) is 53.6 cm³/mol. The molecule has 3 heteroatoms. The topological polar surface area (TPSA) is 21.7 Å². The summed E-state index contributed by atoms with van der Waals surface area (Å²) in [6.07, 6.45) is 5.98. The lowest BCUT2D eigenvalue weighted by Crippen LogP contribution is -2.31. The van der Waals surface area contributed by atoms with Crippen molar-refractivity contribution < 1.29 is 9.47 Å². The van der Waals surface area contributed by atoms with Gasteiger partial charge < -0.3 is 9.47 Å². The molecule has 0 saturated heterocycles. The third kappa shape index (κ3) is 7.79. The number of rotatable bonds is 8. The third-order valence-electron chi connectivity index (χ3n) is 1.80. The van der Waals surface area contributed by atoms with Crippen molar-refractivity contribution in [1.29, 1.82) is 0 Å². The largest absolute Gasteiger partial charge is 0.383 e. The Kier molecular flexibility index (Phi) is 9.12. The highest BCUT2D eigenvalue weighted by molar-refractivity contribution is 4.84. The Morgan fingerprint density at radius 1 is 1.08 bits per heavy atom. The molecule has 0 radical (unpaired) electrons. The molecule has 0 aromatic rings. The first-order valence-corrected chi connectivity index (χ1v) is 4.48. The SMILES string of the molecule is C#CCCN(CCOC)CCOC. The average molecular weight is 185 g/mol. The lowest BCUT2D eigenvalue weighted by molar-refractivity contribution is 0.115. The molecule has 0 bridgehead atoms. The van der Waals surface area contributed by atoms with E-state index in [4.69, 9.17) is 15.9 Å². The summed E-state index contributed by atoms with van der Waals surface area (Å²) in [6.45, 7) is 4.24. The molecule has 0 unspecified atom stereocenters. The van der Waals surface area contributed by atoms with Crippen LogP contribution in [0.3, 0.4) is 0 Å². The lowest BCUT2D eigenvalue weighted by atomic mass is 10.4. The normalized spacial score (nSPS) is 10.3. The first-order chi connectivity index (χ1) is 6.35. The lowest BCUT2D eigenvalue weighted by Gasteiger charge is -2.20. The molecule has 3 nitrogen and oxygen atoms in total. The molecule has 0 N–H and O–H groups in total. The van der Waals surface area contributed by atoms with E-state index in [0.29, 0.717) is 0 Å². The highest BCUT2D eigenvalue weighted by Crippen LogP contribution is 1.91. The van der Waals surface area contributed by atoms with Gasteiger partial charge in [0.05, 0.1) is 13.2 Å². The smallest absolute Gasteiger partial charge is 0.0589 e. The van der Waals surface area contributed by atoms with Crippen LogP contribution in [-0.4, -0.2) is 52.0 Å². The van der Waals surface area contributed by atoms with Crippen molar-refractivity contribution in [2.75, 3.05) is 47.1 Å². The molecule has 0 saturated carbocycles. The molecule has 76 valence electrons. The van der Waals surface area contributed by atoms with Crippen LogP contribution >= 0.6 is 0 Å². The Morgan fingerprint density at radius 3 is 2.00 bits per heavy atom. The molecule has 0 heterocycles. The van der Waals surface area contributed by atoms with Gasteiger partial charge in [0.25, 0.3) is 0 Å². The fraction of sp³-hybridized carbons (Fsp3) is 0.800. The highest BCUT2D eigenvalue weighted by atomic mass is 16.5. The number of ether oxygens (including phenoxy) is 2. The second-order valence-corrected chi connectivity index (χ2v) is 2.78. The summed E-state index contributed by atoms with van der Waals surface area (Å²) >= 11 is 0. The maximum atomic E-state index is 5.19. The van der Waals surface area contributed by atoms with E-state index in [1.807, 2.05) is 0 Å². The number of terminal acetylenes is 1. The summed E-state index contributed by atoms with van der Waals surface area (Å²) in [4.78, 5) is 2.24. The quantitative estimate of drug-likeness (QED) is 0.517. The van der Waals surface area contributed by atoms with Gasteiger partial charge in [-0.3, -0.25) is 4.90 Å². The van der Waals surface area contributed by atoms with Gasteiger partial charge in [-0.25, -0.2) is 0 Å². The molecule has 0 rings (SSSR count).